The molecule has 0 heterocycles. The summed E-state index contributed by atoms with van der Waals surface area (Å²) in [6.45, 7) is -0.678. The van der Waals surface area contributed by atoms with Gasteiger partial charge in [0.2, 0.25) is 0 Å². The SMILES string of the molecule is O=C(O)COc1cc2c(c(Cl)c1Cl)C1=CC(=O)C(CO)CC1C2. The number of rotatable bonds is 4. The summed E-state index contributed by atoms with van der Waals surface area (Å²) in [7, 11) is 0. The summed E-state index contributed by atoms with van der Waals surface area (Å²) in [6.07, 6.45) is 2.77. The second-order valence-corrected chi connectivity index (χ2v) is 6.49. The number of benzene rings is 1. The molecule has 0 radical (unpaired) electrons. The maximum atomic E-state index is 12.0. The van der Waals surface area contributed by atoms with Crippen LogP contribution in [-0.4, -0.2) is 35.2 Å². The van der Waals surface area contributed by atoms with Crippen molar-refractivity contribution in [2.75, 3.05) is 13.2 Å². The number of aliphatic hydroxyl groups is 1. The summed E-state index contributed by atoms with van der Waals surface area (Å²) < 4.78 is 5.18. The van der Waals surface area contributed by atoms with Crippen molar-refractivity contribution >= 4 is 40.5 Å². The first-order valence-electron chi connectivity index (χ1n) is 7.14. The number of ether oxygens (including phenoxy) is 1. The number of aliphatic hydroxyl groups excluding tert-OH is 1. The zero-order valence-electron chi connectivity index (χ0n) is 12.0. The Balaban J connectivity index is 2.00. The van der Waals surface area contributed by atoms with E-state index in [1.165, 1.54) is 0 Å². The fourth-order valence-electron chi connectivity index (χ4n) is 3.25. The van der Waals surface area contributed by atoms with E-state index in [2.05, 4.69) is 0 Å². The van der Waals surface area contributed by atoms with Crippen LogP contribution in [0.25, 0.3) is 5.57 Å². The number of halogens is 2. The summed E-state index contributed by atoms with van der Waals surface area (Å²) in [5, 5.41) is 18.4. The molecule has 3 rings (SSSR count). The summed E-state index contributed by atoms with van der Waals surface area (Å²) in [6, 6.07) is 1.68. The Bertz CT molecular complexity index is 726. The van der Waals surface area contributed by atoms with E-state index in [4.69, 9.17) is 33.0 Å². The second-order valence-electron chi connectivity index (χ2n) is 5.74. The normalized spacial score (nSPS) is 22.4. The highest BCUT2D eigenvalue weighted by Gasteiger charge is 2.37. The van der Waals surface area contributed by atoms with Gasteiger partial charge in [-0.3, -0.25) is 4.79 Å². The number of hydrogen-bond acceptors (Lipinski definition) is 4. The van der Waals surface area contributed by atoms with E-state index < -0.39 is 12.6 Å². The van der Waals surface area contributed by atoms with E-state index in [0.717, 1.165) is 16.7 Å². The molecule has 122 valence electrons. The highest BCUT2D eigenvalue weighted by Crippen LogP contribution is 2.50. The van der Waals surface area contributed by atoms with E-state index >= 15 is 0 Å². The number of hydrogen-bond donors (Lipinski definition) is 2. The maximum Gasteiger partial charge on any atom is 0.341 e. The Labute approximate surface area is 142 Å². The van der Waals surface area contributed by atoms with Gasteiger partial charge in [-0.2, -0.15) is 0 Å². The van der Waals surface area contributed by atoms with Gasteiger partial charge >= 0.3 is 5.97 Å². The van der Waals surface area contributed by atoms with Crippen molar-refractivity contribution in [1.82, 2.24) is 0 Å². The Morgan fingerprint density at radius 1 is 1.35 bits per heavy atom. The highest BCUT2D eigenvalue weighted by atomic mass is 35.5. The molecule has 0 bridgehead atoms. The Hall–Kier alpha value is -1.56. The van der Waals surface area contributed by atoms with Crippen molar-refractivity contribution in [2.24, 2.45) is 11.8 Å². The molecule has 23 heavy (non-hydrogen) atoms. The molecule has 0 amide bonds. The molecule has 2 N–H and O–H groups in total. The van der Waals surface area contributed by atoms with Crippen molar-refractivity contribution < 1.29 is 24.5 Å². The third-order valence-electron chi connectivity index (χ3n) is 4.29. The molecule has 2 aliphatic rings. The molecule has 0 spiro atoms. The fourth-order valence-corrected chi connectivity index (χ4v) is 3.77. The van der Waals surface area contributed by atoms with Gasteiger partial charge < -0.3 is 14.9 Å². The summed E-state index contributed by atoms with van der Waals surface area (Å²) >= 11 is 12.5. The smallest absolute Gasteiger partial charge is 0.341 e. The minimum Gasteiger partial charge on any atom is -0.480 e. The average molecular weight is 357 g/mol. The van der Waals surface area contributed by atoms with Gasteiger partial charge in [0.25, 0.3) is 0 Å². The highest BCUT2D eigenvalue weighted by molar-refractivity contribution is 6.44. The monoisotopic (exact) mass is 356 g/mol. The first-order chi connectivity index (χ1) is 10.9. The lowest BCUT2D eigenvalue weighted by Crippen LogP contribution is -2.24. The van der Waals surface area contributed by atoms with Gasteiger partial charge in [-0.25, -0.2) is 4.79 Å². The summed E-state index contributed by atoms with van der Waals surface area (Å²) in [5.41, 5.74) is 2.45. The van der Waals surface area contributed by atoms with Gasteiger partial charge in [-0.15, -0.1) is 0 Å². The largest absolute Gasteiger partial charge is 0.480 e. The summed E-state index contributed by atoms with van der Waals surface area (Å²) in [5.74, 6) is -1.27. The van der Waals surface area contributed by atoms with Gasteiger partial charge in [0.15, 0.2) is 12.4 Å². The Morgan fingerprint density at radius 2 is 2.09 bits per heavy atom. The number of carboxylic acid groups (broad SMARTS) is 1. The fraction of sp³-hybridized carbons (Fsp3) is 0.375. The standard InChI is InChI=1S/C16H14Cl2O5/c17-15-12(23-6-13(21)22)3-8-1-7-2-9(5-19)11(20)4-10(7)14(8)16(15)18/h3-4,7,9,19H,1-2,5-6H2,(H,21,22). The van der Waals surface area contributed by atoms with Crippen LogP contribution in [-0.2, 0) is 16.0 Å². The number of fused-ring (bicyclic) bond motifs is 3. The molecular weight excluding hydrogens is 343 g/mol. The van der Waals surface area contributed by atoms with Crippen molar-refractivity contribution in [1.29, 1.82) is 0 Å². The third-order valence-corrected chi connectivity index (χ3v) is 5.14. The number of allylic oxidation sites excluding steroid dienone is 2. The first-order valence-corrected chi connectivity index (χ1v) is 7.90. The predicted molar refractivity (Wildman–Crippen MR) is 85.0 cm³/mol. The molecule has 2 unspecified atom stereocenters. The molecule has 1 aromatic rings. The second kappa shape index (κ2) is 6.15. The third kappa shape index (κ3) is 2.84. The molecule has 5 nitrogen and oxygen atoms in total. The van der Waals surface area contributed by atoms with Crippen molar-refractivity contribution in [3.05, 3.63) is 33.3 Å². The Morgan fingerprint density at radius 3 is 2.74 bits per heavy atom. The van der Waals surface area contributed by atoms with Crippen LogP contribution in [0.15, 0.2) is 12.1 Å². The number of carbonyl (C=O) groups is 2. The average Bonchev–Trinajstić information content (AvgIpc) is 2.85. The molecule has 0 saturated carbocycles. The molecular formula is C16H14Cl2O5. The van der Waals surface area contributed by atoms with Crippen molar-refractivity contribution in [3.8, 4) is 5.75 Å². The maximum absolute atomic E-state index is 12.0. The number of carbonyl (C=O) groups excluding carboxylic acids is 1. The van der Waals surface area contributed by atoms with Gasteiger partial charge in [0, 0.05) is 11.5 Å². The van der Waals surface area contributed by atoms with Gasteiger partial charge in [-0.1, -0.05) is 23.2 Å². The van der Waals surface area contributed by atoms with E-state index in [0.29, 0.717) is 12.8 Å². The lowest BCUT2D eigenvalue weighted by atomic mass is 9.81. The van der Waals surface area contributed by atoms with E-state index in [1.807, 2.05) is 0 Å². The number of carboxylic acids is 1. The van der Waals surface area contributed by atoms with Gasteiger partial charge in [-0.05, 0) is 42.0 Å². The number of ketones is 1. The van der Waals surface area contributed by atoms with Crippen LogP contribution in [0.5, 0.6) is 5.75 Å². The van der Waals surface area contributed by atoms with Crippen LogP contribution in [0, 0.1) is 11.8 Å². The molecule has 1 aromatic carbocycles. The van der Waals surface area contributed by atoms with Gasteiger partial charge in [0.1, 0.15) is 10.8 Å². The van der Waals surface area contributed by atoms with E-state index in [9.17, 15) is 14.7 Å². The van der Waals surface area contributed by atoms with Crippen molar-refractivity contribution in [2.45, 2.75) is 12.8 Å². The zero-order valence-corrected chi connectivity index (χ0v) is 13.5. The molecule has 7 heteroatoms. The van der Waals surface area contributed by atoms with Crippen molar-refractivity contribution in [3.63, 3.8) is 0 Å². The molecule has 2 aliphatic carbocycles. The van der Waals surface area contributed by atoms with Crippen LogP contribution < -0.4 is 4.74 Å². The summed E-state index contributed by atoms with van der Waals surface area (Å²) in [4.78, 5) is 22.7. The molecule has 0 fully saturated rings. The quantitative estimate of drug-likeness (QED) is 0.866. The van der Waals surface area contributed by atoms with Crippen LogP contribution in [0.3, 0.4) is 0 Å². The first kappa shape index (κ1) is 16.3. The minimum absolute atomic E-state index is 0.100. The Kier molecular flexibility index (Phi) is 4.36. The number of aliphatic carboxylic acids is 1. The van der Waals surface area contributed by atoms with Crippen LogP contribution in [0.1, 0.15) is 17.5 Å². The van der Waals surface area contributed by atoms with Crippen LogP contribution in [0.4, 0.5) is 0 Å². The molecule has 2 atom stereocenters. The molecule has 0 aromatic heterocycles. The predicted octanol–water partition coefficient (Wildman–Crippen LogP) is 2.59. The molecule has 0 saturated heterocycles. The molecule has 0 aliphatic heterocycles. The van der Waals surface area contributed by atoms with Crippen LogP contribution >= 0.6 is 23.2 Å². The minimum atomic E-state index is -1.11. The topological polar surface area (TPSA) is 83.8 Å². The van der Waals surface area contributed by atoms with Gasteiger partial charge in [0.05, 0.1) is 11.6 Å². The van der Waals surface area contributed by atoms with E-state index in [-0.39, 0.29) is 40.0 Å². The zero-order chi connectivity index (χ0) is 16.7. The van der Waals surface area contributed by atoms with Crippen LogP contribution in [0.2, 0.25) is 10.0 Å². The lowest BCUT2D eigenvalue weighted by Gasteiger charge is -2.23. The lowest BCUT2D eigenvalue weighted by molar-refractivity contribution is -0.139. The van der Waals surface area contributed by atoms with E-state index in [1.54, 1.807) is 12.1 Å².